The Labute approximate surface area is 150 Å². The Morgan fingerprint density at radius 3 is 2.36 bits per heavy atom. The highest BCUT2D eigenvalue weighted by Crippen LogP contribution is 2.24. The average molecular weight is 337 g/mol. The number of hydrogen-bond acceptors (Lipinski definition) is 2. The number of hydrogen-bond donors (Lipinski definition) is 0. The second-order valence-electron chi connectivity index (χ2n) is 6.99. The third kappa shape index (κ3) is 5.09. The number of carbonyl (C=O) groups excluding carboxylic acids is 1. The van der Waals surface area contributed by atoms with E-state index in [9.17, 15) is 4.79 Å². The van der Waals surface area contributed by atoms with E-state index in [2.05, 4.69) is 0 Å². The predicted molar refractivity (Wildman–Crippen MR) is 101 cm³/mol. The van der Waals surface area contributed by atoms with Gasteiger partial charge in [0.2, 0.25) is 0 Å². The van der Waals surface area contributed by atoms with Gasteiger partial charge in [-0.05, 0) is 48.6 Å². The molecule has 0 unspecified atom stereocenters. The molecule has 3 rings (SSSR count). The van der Waals surface area contributed by atoms with Gasteiger partial charge in [-0.15, -0.1) is 0 Å². The summed E-state index contributed by atoms with van der Waals surface area (Å²) in [5.41, 5.74) is 1.82. The number of nitrogens with zero attached hydrogens (tertiary/aromatic N) is 1. The van der Waals surface area contributed by atoms with Crippen molar-refractivity contribution in [2.75, 3.05) is 13.6 Å². The number of ether oxygens (including phenoxy) is 1. The van der Waals surface area contributed by atoms with Crippen molar-refractivity contribution in [3.8, 4) is 5.75 Å². The summed E-state index contributed by atoms with van der Waals surface area (Å²) in [7, 11) is 1.92. The van der Waals surface area contributed by atoms with Crippen LogP contribution in [0.25, 0.3) is 0 Å². The maximum atomic E-state index is 12.6. The van der Waals surface area contributed by atoms with Gasteiger partial charge < -0.3 is 9.64 Å². The van der Waals surface area contributed by atoms with Gasteiger partial charge >= 0.3 is 0 Å². The van der Waals surface area contributed by atoms with E-state index in [1.165, 1.54) is 32.1 Å². The van der Waals surface area contributed by atoms with E-state index in [-0.39, 0.29) is 5.91 Å². The Balaban J connectivity index is 1.52. The average Bonchev–Trinajstić information content (AvgIpc) is 2.68. The van der Waals surface area contributed by atoms with Crippen molar-refractivity contribution in [2.24, 2.45) is 5.92 Å². The first-order valence-electron chi connectivity index (χ1n) is 9.24. The topological polar surface area (TPSA) is 29.5 Å². The molecule has 0 atom stereocenters. The fraction of sp³-hybridized carbons (Fsp3) is 0.409. The van der Waals surface area contributed by atoms with E-state index in [0.717, 1.165) is 23.4 Å². The van der Waals surface area contributed by atoms with E-state index in [4.69, 9.17) is 4.74 Å². The number of rotatable bonds is 6. The van der Waals surface area contributed by atoms with Gasteiger partial charge in [-0.3, -0.25) is 4.79 Å². The lowest BCUT2D eigenvalue weighted by atomic mass is 9.89. The monoisotopic (exact) mass is 337 g/mol. The molecule has 0 radical (unpaired) electrons. The zero-order chi connectivity index (χ0) is 17.5. The van der Waals surface area contributed by atoms with Crippen molar-refractivity contribution in [1.82, 2.24) is 4.90 Å². The number of para-hydroxylation sites is 1. The molecule has 1 saturated carbocycles. The highest BCUT2D eigenvalue weighted by atomic mass is 16.5. The first-order valence-corrected chi connectivity index (χ1v) is 9.24. The van der Waals surface area contributed by atoms with E-state index in [1.807, 2.05) is 66.5 Å². The van der Waals surface area contributed by atoms with Crippen LogP contribution in [0.5, 0.6) is 5.75 Å². The molecule has 3 heteroatoms. The van der Waals surface area contributed by atoms with Gasteiger partial charge in [-0.1, -0.05) is 49.6 Å². The molecular formula is C22H27NO2. The second kappa shape index (κ2) is 8.70. The van der Waals surface area contributed by atoms with E-state index in [0.29, 0.717) is 12.5 Å². The molecule has 0 bridgehead atoms. The zero-order valence-corrected chi connectivity index (χ0v) is 15.0. The molecule has 0 N–H and O–H groups in total. The minimum absolute atomic E-state index is 0.112. The minimum Gasteiger partial charge on any atom is -0.489 e. The molecule has 25 heavy (non-hydrogen) atoms. The fourth-order valence-corrected chi connectivity index (χ4v) is 3.49. The van der Waals surface area contributed by atoms with Crippen LogP contribution >= 0.6 is 0 Å². The first-order chi connectivity index (χ1) is 12.2. The molecule has 1 aliphatic rings. The molecule has 1 amide bonds. The van der Waals surface area contributed by atoms with E-state index in [1.54, 1.807) is 0 Å². The third-order valence-corrected chi connectivity index (χ3v) is 4.95. The summed E-state index contributed by atoms with van der Waals surface area (Å²) in [5.74, 6) is 1.64. The van der Waals surface area contributed by atoms with Crippen LogP contribution in [0.15, 0.2) is 54.6 Å². The summed E-state index contributed by atoms with van der Waals surface area (Å²) in [6.07, 6.45) is 6.48. The molecule has 1 fully saturated rings. The summed E-state index contributed by atoms with van der Waals surface area (Å²) < 4.78 is 5.75. The van der Waals surface area contributed by atoms with E-state index >= 15 is 0 Å². The normalized spacial score (nSPS) is 14.9. The highest BCUT2D eigenvalue weighted by molar-refractivity contribution is 5.94. The maximum absolute atomic E-state index is 12.6. The summed E-state index contributed by atoms with van der Waals surface area (Å²) in [6.45, 7) is 1.38. The molecule has 3 nitrogen and oxygen atoms in total. The summed E-state index contributed by atoms with van der Waals surface area (Å²) in [5, 5.41) is 0. The Kier molecular flexibility index (Phi) is 6.10. The van der Waals surface area contributed by atoms with Crippen LogP contribution in [0.4, 0.5) is 0 Å². The summed E-state index contributed by atoms with van der Waals surface area (Å²) >= 11 is 0. The van der Waals surface area contributed by atoms with Crippen LogP contribution in [-0.2, 0) is 6.61 Å². The van der Waals surface area contributed by atoms with Crippen LogP contribution in [-0.4, -0.2) is 24.4 Å². The quantitative estimate of drug-likeness (QED) is 0.749. The van der Waals surface area contributed by atoms with Crippen molar-refractivity contribution >= 4 is 5.91 Å². The Morgan fingerprint density at radius 1 is 1.00 bits per heavy atom. The molecule has 132 valence electrons. The van der Waals surface area contributed by atoms with Crippen LogP contribution in [0, 0.1) is 5.92 Å². The zero-order valence-electron chi connectivity index (χ0n) is 15.0. The molecule has 0 spiro atoms. The molecule has 1 aliphatic carbocycles. The standard InChI is InChI=1S/C22H27NO2/c1-23(16-18-8-4-2-5-9-18)22(24)20-14-12-19(13-15-20)17-25-21-10-6-3-7-11-21/h3,6-7,10-15,18H,2,4-5,8-9,16-17H2,1H3. The number of carbonyl (C=O) groups is 1. The van der Waals surface area contributed by atoms with Gasteiger partial charge in [0.15, 0.2) is 0 Å². The molecule has 2 aromatic carbocycles. The SMILES string of the molecule is CN(CC1CCCCC1)C(=O)c1ccc(COc2ccccc2)cc1. The van der Waals surface area contributed by atoms with Crippen LogP contribution in [0.2, 0.25) is 0 Å². The highest BCUT2D eigenvalue weighted by Gasteiger charge is 2.19. The van der Waals surface area contributed by atoms with E-state index < -0.39 is 0 Å². The first kappa shape index (κ1) is 17.5. The largest absolute Gasteiger partial charge is 0.489 e. The summed E-state index contributed by atoms with van der Waals surface area (Å²) in [6, 6.07) is 17.5. The number of benzene rings is 2. The predicted octanol–water partition coefficient (Wildman–Crippen LogP) is 4.92. The smallest absolute Gasteiger partial charge is 0.253 e. The van der Waals surface area contributed by atoms with Crippen molar-refractivity contribution in [3.05, 3.63) is 65.7 Å². The molecule has 0 heterocycles. The Hall–Kier alpha value is -2.29. The molecule has 0 aromatic heterocycles. The molecular weight excluding hydrogens is 310 g/mol. The lowest BCUT2D eigenvalue weighted by molar-refractivity contribution is 0.0760. The van der Waals surface area contributed by atoms with Gasteiger partial charge in [-0.25, -0.2) is 0 Å². The minimum atomic E-state index is 0.112. The van der Waals surface area contributed by atoms with Crippen molar-refractivity contribution in [3.63, 3.8) is 0 Å². The maximum Gasteiger partial charge on any atom is 0.253 e. The van der Waals surface area contributed by atoms with Crippen LogP contribution in [0.1, 0.15) is 48.0 Å². The molecule has 0 aliphatic heterocycles. The van der Waals surface area contributed by atoms with Gasteiger partial charge in [-0.2, -0.15) is 0 Å². The van der Waals surface area contributed by atoms with Gasteiger partial charge in [0.05, 0.1) is 0 Å². The number of amides is 1. The third-order valence-electron chi connectivity index (χ3n) is 4.95. The second-order valence-corrected chi connectivity index (χ2v) is 6.99. The fourth-order valence-electron chi connectivity index (χ4n) is 3.49. The van der Waals surface area contributed by atoms with Gasteiger partial charge in [0.25, 0.3) is 5.91 Å². The van der Waals surface area contributed by atoms with Gasteiger partial charge in [0, 0.05) is 19.2 Å². The summed E-state index contributed by atoms with van der Waals surface area (Å²) in [4.78, 5) is 14.5. The molecule has 2 aromatic rings. The Bertz CT molecular complexity index is 660. The van der Waals surface area contributed by atoms with Crippen LogP contribution < -0.4 is 4.74 Å². The molecule has 0 saturated heterocycles. The van der Waals surface area contributed by atoms with Gasteiger partial charge in [0.1, 0.15) is 12.4 Å². The van der Waals surface area contributed by atoms with Crippen molar-refractivity contribution < 1.29 is 9.53 Å². The van der Waals surface area contributed by atoms with Crippen molar-refractivity contribution in [2.45, 2.75) is 38.7 Å². The van der Waals surface area contributed by atoms with Crippen molar-refractivity contribution in [1.29, 1.82) is 0 Å². The lowest BCUT2D eigenvalue weighted by Gasteiger charge is -2.27. The van der Waals surface area contributed by atoms with Crippen LogP contribution in [0.3, 0.4) is 0 Å². The lowest BCUT2D eigenvalue weighted by Crippen LogP contribution is -2.32. The Morgan fingerprint density at radius 2 is 1.68 bits per heavy atom.